The van der Waals surface area contributed by atoms with E-state index in [4.69, 9.17) is 14.2 Å². The Hall–Kier alpha value is -0.950. The fraction of sp³-hybridized carbons (Fsp3) is 0.588. The van der Waals surface area contributed by atoms with Gasteiger partial charge in [-0.15, -0.1) is 0 Å². The average Bonchev–Trinajstić information content (AvgIpc) is 2.71. The summed E-state index contributed by atoms with van der Waals surface area (Å²) >= 11 is 3.44. The first kappa shape index (κ1) is 18.4. The number of nitrogens with one attached hydrogen (secondary N) is 1. The van der Waals surface area contributed by atoms with Crippen molar-refractivity contribution in [1.82, 2.24) is 5.32 Å². The van der Waals surface area contributed by atoms with Gasteiger partial charge >= 0.3 is 5.97 Å². The van der Waals surface area contributed by atoms with Crippen LogP contribution in [0.5, 0.6) is 0 Å². The number of hydrogen-bond acceptors (Lipinski definition) is 5. The van der Waals surface area contributed by atoms with Gasteiger partial charge in [-0.3, -0.25) is 0 Å². The van der Waals surface area contributed by atoms with Crippen molar-refractivity contribution in [2.75, 3.05) is 32.9 Å². The normalized spacial score (nSPS) is 22.4. The summed E-state index contributed by atoms with van der Waals surface area (Å²) in [5.41, 5.74) is -0.254. The molecule has 1 aliphatic heterocycles. The van der Waals surface area contributed by atoms with E-state index in [2.05, 4.69) is 21.2 Å². The van der Waals surface area contributed by atoms with Crippen LogP contribution < -0.4 is 5.32 Å². The van der Waals surface area contributed by atoms with Crippen LogP contribution in [0.2, 0.25) is 0 Å². The predicted octanol–water partition coefficient (Wildman–Crippen LogP) is 2.62. The molecule has 1 aromatic carbocycles. The van der Waals surface area contributed by atoms with Gasteiger partial charge in [-0.05, 0) is 38.5 Å². The highest BCUT2D eigenvalue weighted by Crippen LogP contribution is 2.28. The highest BCUT2D eigenvalue weighted by Gasteiger charge is 2.36. The van der Waals surface area contributed by atoms with Crippen LogP contribution in [-0.2, 0) is 24.6 Å². The molecule has 0 aliphatic carbocycles. The van der Waals surface area contributed by atoms with E-state index in [1.54, 1.807) is 0 Å². The lowest BCUT2D eigenvalue weighted by Gasteiger charge is -2.33. The van der Waals surface area contributed by atoms with Crippen LogP contribution in [0.4, 0.5) is 0 Å². The van der Waals surface area contributed by atoms with Gasteiger partial charge in [-0.2, -0.15) is 0 Å². The molecule has 1 atom stereocenters. The molecule has 1 aromatic rings. The van der Waals surface area contributed by atoms with Crippen LogP contribution in [-0.4, -0.2) is 44.5 Å². The van der Waals surface area contributed by atoms with Crippen molar-refractivity contribution < 1.29 is 19.0 Å². The van der Waals surface area contributed by atoms with Crippen LogP contribution in [0, 0.1) is 0 Å². The molecule has 0 bridgehead atoms. The number of ether oxygens (including phenoxy) is 3. The summed E-state index contributed by atoms with van der Waals surface area (Å²) in [7, 11) is 0. The van der Waals surface area contributed by atoms with Gasteiger partial charge in [0.1, 0.15) is 17.8 Å². The Bertz CT molecular complexity index is 516. The van der Waals surface area contributed by atoms with Gasteiger partial charge in [0.2, 0.25) is 0 Å². The molecule has 0 spiro atoms. The van der Waals surface area contributed by atoms with Gasteiger partial charge in [0.25, 0.3) is 0 Å². The number of carbonyl (C=O) groups is 1. The second-order valence-electron chi connectivity index (χ2n) is 6.61. The maximum absolute atomic E-state index is 12.0. The third kappa shape index (κ3) is 5.57. The highest BCUT2D eigenvalue weighted by atomic mass is 79.9. The predicted molar refractivity (Wildman–Crippen MR) is 91.3 cm³/mol. The van der Waals surface area contributed by atoms with E-state index in [0.29, 0.717) is 19.8 Å². The molecular formula is C17H24BrNO4. The van der Waals surface area contributed by atoms with E-state index in [-0.39, 0.29) is 12.6 Å². The van der Waals surface area contributed by atoms with Crippen molar-refractivity contribution in [3.63, 3.8) is 0 Å². The molecule has 0 amide bonds. The summed E-state index contributed by atoms with van der Waals surface area (Å²) in [6.45, 7) is 7.76. The Morgan fingerprint density at radius 3 is 2.70 bits per heavy atom. The molecule has 128 valence electrons. The minimum absolute atomic E-state index is 0.113. The summed E-state index contributed by atoms with van der Waals surface area (Å²) in [6.07, 6.45) is 0. The maximum Gasteiger partial charge on any atom is 0.332 e. The van der Waals surface area contributed by atoms with Crippen LogP contribution in [0.25, 0.3) is 0 Å². The van der Waals surface area contributed by atoms with Gasteiger partial charge in [-0.1, -0.05) is 28.1 Å². The average molecular weight is 386 g/mol. The van der Waals surface area contributed by atoms with E-state index in [9.17, 15) is 4.79 Å². The Balaban J connectivity index is 2.14. The Kier molecular flexibility index (Phi) is 6.19. The monoisotopic (exact) mass is 385 g/mol. The molecule has 6 heteroatoms. The highest BCUT2D eigenvalue weighted by molar-refractivity contribution is 9.10. The van der Waals surface area contributed by atoms with Crippen molar-refractivity contribution >= 4 is 21.9 Å². The summed E-state index contributed by atoms with van der Waals surface area (Å²) in [6, 6.07) is 7.88. The number of esters is 1. The first-order valence-corrected chi connectivity index (χ1v) is 8.50. The zero-order valence-corrected chi connectivity index (χ0v) is 15.4. The van der Waals surface area contributed by atoms with E-state index in [1.165, 1.54) is 0 Å². The zero-order valence-electron chi connectivity index (χ0n) is 13.9. The zero-order chi connectivity index (χ0) is 16.9. The quantitative estimate of drug-likeness (QED) is 0.807. The van der Waals surface area contributed by atoms with Crippen LogP contribution in [0.3, 0.4) is 0 Å². The van der Waals surface area contributed by atoms with Crippen molar-refractivity contribution in [2.45, 2.75) is 32.0 Å². The topological polar surface area (TPSA) is 56.8 Å². The molecule has 1 heterocycles. The Morgan fingerprint density at radius 1 is 1.35 bits per heavy atom. The van der Waals surface area contributed by atoms with Gasteiger partial charge in [0, 0.05) is 17.6 Å². The fourth-order valence-corrected chi connectivity index (χ4v) is 2.67. The number of rotatable bonds is 4. The summed E-state index contributed by atoms with van der Waals surface area (Å²) in [5, 5.41) is 3.31. The fourth-order valence-electron chi connectivity index (χ4n) is 2.41. The van der Waals surface area contributed by atoms with Crippen molar-refractivity contribution in [3.8, 4) is 0 Å². The number of halogens is 1. The molecule has 5 nitrogen and oxygen atoms in total. The standard InChI is InChI=1S/C17H24BrNO4/c1-16(2,3)23-15(20)10-22-17(11-19-8-9-21-12-17)13-4-6-14(18)7-5-13/h4-7,19H,8-12H2,1-3H3. The van der Waals surface area contributed by atoms with Crippen molar-refractivity contribution in [1.29, 1.82) is 0 Å². The maximum atomic E-state index is 12.0. The van der Waals surface area contributed by atoms with Gasteiger partial charge < -0.3 is 19.5 Å². The van der Waals surface area contributed by atoms with Crippen molar-refractivity contribution in [3.05, 3.63) is 34.3 Å². The number of benzene rings is 1. The molecule has 1 saturated heterocycles. The van der Waals surface area contributed by atoms with Crippen LogP contribution in [0.15, 0.2) is 28.7 Å². The van der Waals surface area contributed by atoms with Crippen molar-refractivity contribution in [2.24, 2.45) is 0 Å². The molecule has 0 aromatic heterocycles. The first-order valence-electron chi connectivity index (χ1n) is 7.71. The SMILES string of the molecule is CC(C)(C)OC(=O)COC1(c2ccc(Br)cc2)CNCCOC1. The molecule has 1 unspecified atom stereocenters. The van der Waals surface area contributed by atoms with Gasteiger partial charge in [0.15, 0.2) is 0 Å². The van der Waals surface area contributed by atoms with E-state index in [1.807, 2.05) is 45.0 Å². The van der Waals surface area contributed by atoms with E-state index < -0.39 is 11.2 Å². The molecule has 23 heavy (non-hydrogen) atoms. The second kappa shape index (κ2) is 7.75. The Labute approximate surface area is 145 Å². The molecular weight excluding hydrogens is 362 g/mol. The van der Waals surface area contributed by atoms with E-state index >= 15 is 0 Å². The minimum atomic E-state index is -0.700. The lowest BCUT2D eigenvalue weighted by Crippen LogP contribution is -2.44. The number of hydrogen-bond donors (Lipinski definition) is 1. The lowest BCUT2D eigenvalue weighted by atomic mass is 9.94. The number of carbonyl (C=O) groups excluding carboxylic acids is 1. The molecule has 0 saturated carbocycles. The summed E-state index contributed by atoms with van der Waals surface area (Å²) < 4.78 is 18.0. The molecule has 1 aliphatic rings. The lowest BCUT2D eigenvalue weighted by molar-refractivity contribution is -0.170. The molecule has 2 rings (SSSR count). The third-order valence-corrected chi connectivity index (χ3v) is 3.95. The third-order valence-electron chi connectivity index (χ3n) is 3.43. The van der Waals surface area contributed by atoms with Crippen LogP contribution >= 0.6 is 15.9 Å². The van der Waals surface area contributed by atoms with E-state index in [0.717, 1.165) is 16.6 Å². The Morgan fingerprint density at radius 2 is 2.04 bits per heavy atom. The minimum Gasteiger partial charge on any atom is -0.458 e. The largest absolute Gasteiger partial charge is 0.458 e. The first-order chi connectivity index (χ1) is 10.8. The van der Waals surface area contributed by atoms with Crippen LogP contribution in [0.1, 0.15) is 26.3 Å². The van der Waals surface area contributed by atoms with Gasteiger partial charge in [-0.25, -0.2) is 4.79 Å². The second-order valence-corrected chi connectivity index (χ2v) is 7.52. The van der Waals surface area contributed by atoms with Gasteiger partial charge in [0.05, 0.1) is 13.2 Å². The smallest absolute Gasteiger partial charge is 0.332 e. The summed E-state index contributed by atoms with van der Waals surface area (Å²) in [4.78, 5) is 12.0. The molecule has 0 radical (unpaired) electrons. The molecule has 1 fully saturated rings. The molecule has 1 N–H and O–H groups in total. The summed E-state index contributed by atoms with van der Waals surface area (Å²) in [5.74, 6) is -0.377.